The van der Waals surface area contributed by atoms with Crippen molar-refractivity contribution in [2.45, 2.75) is 12.8 Å². The van der Waals surface area contributed by atoms with Gasteiger partial charge in [0.25, 0.3) is 0 Å². The Labute approximate surface area is 94.1 Å². The summed E-state index contributed by atoms with van der Waals surface area (Å²) in [5, 5.41) is 1.09. The van der Waals surface area contributed by atoms with E-state index >= 15 is 0 Å². The number of hydrogen-bond acceptors (Lipinski definition) is 3. The first-order valence-electron chi connectivity index (χ1n) is 5.24. The van der Waals surface area contributed by atoms with Crippen molar-refractivity contribution in [3.05, 3.63) is 36.4 Å². The van der Waals surface area contributed by atoms with E-state index in [0.29, 0.717) is 25.3 Å². The van der Waals surface area contributed by atoms with Crippen molar-refractivity contribution in [2.24, 2.45) is 0 Å². The minimum atomic E-state index is 0.410. The summed E-state index contributed by atoms with van der Waals surface area (Å²) in [6, 6.07) is 11.7. The second-order valence-electron chi connectivity index (χ2n) is 3.44. The number of carbonyl (C=O) groups excluding carboxylic acids is 1. The third kappa shape index (κ3) is 2.57. The number of unbranched alkanes of at least 4 members (excludes halogenated alkanes) is 1. The Balaban J connectivity index is 2.05. The highest BCUT2D eigenvalue weighted by molar-refractivity contribution is 5.78. The largest absolute Gasteiger partial charge is 0.478 e. The molecule has 0 spiro atoms. The summed E-state index contributed by atoms with van der Waals surface area (Å²) in [6.45, 7) is 0.501. The van der Waals surface area contributed by atoms with Gasteiger partial charge in [-0.2, -0.15) is 0 Å². The minimum absolute atomic E-state index is 0.410. The predicted octanol–water partition coefficient (Wildman–Crippen LogP) is 2.50. The summed E-state index contributed by atoms with van der Waals surface area (Å²) in [4.78, 5) is 14.3. The van der Waals surface area contributed by atoms with E-state index in [1.54, 1.807) is 0 Å². The number of hydrogen-bond donors (Lipinski definition) is 0. The van der Waals surface area contributed by atoms with Gasteiger partial charge in [-0.05, 0) is 18.6 Å². The molecule has 0 unspecified atom stereocenters. The van der Waals surface area contributed by atoms with Gasteiger partial charge < -0.3 is 4.74 Å². The van der Waals surface area contributed by atoms with Crippen molar-refractivity contribution in [3.63, 3.8) is 0 Å². The third-order valence-electron chi connectivity index (χ3n) is 2.25. The van der Waals surface area contributed by atoms with Crippen molar-refractivity contribution in [1.82, 2.24) is 4.98 Å². The molecule has 2 rings (SSSR count). The maximum atomic E-state index is 9.99. The SMILES string of the molecule is O=[C]CCCOc1ccc2ccccc2n1. The monoisotopic (exact) mass is 214 g/mol. The average molecular weight is 214 g/mol. The van der Waals surface area contributed by atoms with Gasteiger partial charge in [0.2, 0.25) is 5.88 Å². The average Bonchev–Trinajstić information content (AvgIpc) is 2.34. The molecule has 1 aromatic heterocycles. The number of benzene rings is 1. The van der Waals surface area contributed by atoms with Crippen LogP contribution in [0.25, 0.3) is 10.9 Å². The normalized spacial score (nSPS) is 10.2. The summed E-state index contributed by atoms with van der Waals surface area (Å²) in [6.07, 6.45) is 2.92. The summed E-state index contributed by atoms with van der Waals surface area (Å²) in [5.41, 5.74) is 0.918. The van der Waals surface area contributed by atoms with E-state index in [4.69, 9.17) is 4.74 Å². The first-order valence-corrected chi connectivity index (χ1v) is 5.24. The standard InChI is InChI=1S/C13H12NO2/c15-9-3-4-10-16-13-8-7-11-5-1-2-6-12(11)14-13/h1-2,5-8H,3-4,10H2. The van der Waals surface area contributed by atoms with Crippen molar-refractivity contribution in [1.29, 1.82) is 0 Å². The number of rotatable bonds is 5. The molecule has 0 bridgehead atoms. The fraction of sp³-hybridized carbons (Fsp3) is 0.231. The molecule has 81 valence electrons. The maximum Gasteiger partial charge on any atom is 0.213 e. The quantitative estimate of drug-likeness (QED) is 0.718. The molecule has 0 saturated heterocycles. The molecule has 0 aliphatic carbocycles. The second-order valence-corrected chi connectivity index (χ2v) is 3.44. The number of pyridine rings is 1. The van der Waals surface area contributed by atoms with Gasteiger partial charge in [0.15, 0.2) is 6.29 Å². The fourth-order valence-corrected chi connectivity index (χ4v) is 1.45. The predicted molar refractivity (Wildman–Crippen MR) is 62.2 cm³/mol. The maximum absolute atomic E-state index is 9.99. The zero-order valence-corrected chi connectivity index (χ0v) is 8.85. The van der Waals surface area contributed by atoms with Crippen LogP contribution in [0.5, 0.6) is 5.88 Å². The van der Waals surface area contributed by atoms with Gasteiger partial charge in [-0.1, -0.05) is 18.2 Å². The number of ether oxygens (including phenoxy) is 1. The number of para-hydroxylation sites is 1. The molecule has 0 saturated carbocycles. The van der Waals surface area contributed by atoms with E-state index < -0.39 is 0 Å². The van der Waals surface area contributed by atoms with Gasteiger partial charge >= 0.3 is 0 Å². The molecular formula is C13H12NO2. The molecule has 1 radical (unpaired) electrons. The smallest absolute Gasteiger partial charge is 0.213 e. The molecule has 16 heavy (non-hydrogen) atoms. The lowest BCUT2D eigenvalue weighted by molar-refractivity contribution is 0.302. The Kier molecular flexibility index (Phi) is 3.49. The van der Waals surface area contributed by atoms with Gasteiger partial charge in [-0.15, -0.1) is 0 Å². The Hall–Kier alpha value is -1.90. The van der Waals surface area contributed by atoms with E-state index in [0.717, 1.165) is 10.9 Å². The fourth-order valence-electron chi connectivity index (χ4n) is 1.45. The van der Waals surface area contributed by atoms with Crippen LogP contribution in [-0.4, -0.2) is 17.9 Å². The van der Waals surface area contributed by atoms with Crippen LogP contribution in [0.1, 0.15) is 12.8 Å². The summed E-state index contributed by atoms with van der Waals surface area (Å²) >= 11 is 0. The van der Waals surface area contributed by atoms with Crippen molar-refractivity contribution < 1.29 is 9.53 Å². The molecule has 0 amide bonds. The zero-order valence-electron chi connectivity index (χ0n) is 8.85. The lowest BCUT2D eigenvalue weighted by Crippen LogP contribution is -1.99. The van der Waals surface area contributed by atoms with E-state index in [2.05, 4.69) is 4.98 Å². The molecule has 3 nitrogen and oxygen atoms in total. The molecular weight excluding hydrogens is 202 g/mol. The van der Waals surface area contributed by atoms with E-state index in [1.807, 2.05) is 42.7 Å². The number of fused-ring (bicyclic) bond motifs is 1. The molecule has 0 N–H and O–H groups in total. The summed E-state index contributed by atoms with van der Waals surface area (Å²) in [7, 11) is 0. The molecule has 0 aliphatic heterocycles. The lowest BCUT2D eigenvalue weighted by Gasteiger charge is -2.04. The molecule has 0 fully saturated rings. The topological polar surface area (TPSA) is 39.2 Å². The van der Waals surface area contributed by atoms with Gasteiger partial charge in [0.05, 0.1) is 12.1 Å². The van der Waals surface area contributed by atoms with Crippen LogP contribution in [0.3, 0.4) is 0 Å². The van der Waals surface area contributed by atoms with Crippen molar-refractivity contribution in [3.8, 4) is 5.88 Å². The number of nitrogens with zero attached hydrogens (tertiary/aromatic N) is 1. The van der Waals surface area contributed by atoms with Crippen molar-refractivity contribution in [2.75, 3.05) is 6.61 Å². The van der Waals surface area contributed by atoms with Crippen LogP contribution in [0, 0.1) is 0 Å². The highest BCUT2D eigenvalue weighted by Gasteiger charge is 1.98. The van der Waals surface area contributed by atoms with Gasteiger partial charge in [0.1, 0.15) is 0 Å². The first kappa shape index (κ1) is 10.6. The van der Waals surface area contributed by atoms with Gasteiger partial charge in [-0.25, -0.2) is 4.98 Å². The molecule has 1 aromatic carbocycles. The highest BCUT2D eigenvalue weighted by Crippen LogP contribution is 2.16. The van der Waals surface area contributed by atoms with E-state index in [9.17, 15) is 4.79 Å². The molecule has 0 atom stereocenters. The van der Waals surface area contributed by atoms with Gasteiger partial charge in [-0.3, -0.25) is 4.79 Å². The lowest BCUT2D eigenvalue weighted by atomic mass is 10.2. The van der Waals surface area contributed by atoms with E-state index in [-0.39, 0.29) is 0 Å². The Morgan fingerprint density at radius 3 is 2.94 bits per heavy atom. The van der Waals surface area contributed by atoms with Crippen molar-refractivity contribution >= 4 is 17.2 Å². The molecule has 3 heteroatoms. The summed E-state index contributed by atoms with van der Waals surface area (Å²) < 4.78 is 5.43. The van der Waals surface area contributed by atoms with E-state index in [1.165, 1.54) is 0 Å². The van der Waals surface area contributed by atoms with Crippen LogP contribution < -0.4 is 4.74 Å². The Morgan fingerprint density at radius 2 is 2.06 bits per heavy atom. The molecule has 1 heterocycles. The van der Waals surface area contributed by atoms with Crippen LogP contribution in [0.4, 0.5) is 0 Å². The minimum Gasteiger partial charge on any atom is -0.478 e. The molecule has 2 aromatic rings. The molecule has 0 aliphatic rings. The van der Waals surface area contributed by atoms with Crippen LogP contribution in [0.2, 0.25) is 0 Å². The van der Waals surface area contributed by atoms with Crippen LogP contribution >= 0.6 is 0 Å². The highest BCUT2D eigenvalue weighted by atomic mass is 16.5. The zero-order chi connectivity index (χ0) is 11.2. The second kappa shape index (κ2) is 5.26. The Morgan fingerprint density at radius 1 is 1.19 bits per heavy atom. The first-order chi connectivity index (χ1) is 7.90. The van der Waals surface area contributed by atoms with Gasteiger partial charge in [0, 0.05) is 17.9 Å². The Bertz CT molecular complexity index is 482. The third-order valence-corrected chi connectivity index (χ3v) is 2.25. The number of aromatic nitrogens is 1. The van der Waals surface area contributed by atoms with Crippen LogP contribution in [-0.2, 0) is 4.79 Å². The summed E-state index contributed by atoms with van der Waals surface area (Å²) in [5.74, 6) is 0.601. The van der Waals surface area contributed by atoms with Crippen LogP contribution in [0.15, 0.2) is 36.4 Å².